The lowest BCUT2D eigenvalue weighted by Crippen LogP contribution is -2.34. The molecule has 1 heterocycles. The van der Waals surface area contributed by atoms with Crippen LogP contribution in [0.3, 0.4) is 0 Å². The quantitative estimate of drug-likeness (QED) is 0.656. The first-order chi connectivity index (χ1) is 13.9. The van der Waals surface area contributed by atoms with Crippen molar-refractivity contribution in [3.8, 4) is 5.75 Å². The van der Waals surface area contributed by atoms with Crippen LogP contribution >= 0.6 is 0 Å². The van der Waals surface area contributed by atoms with E-state index < -0.39 is 5.97 Å². The highest BCUT2D eigenvalue weighted by Gasteiger charge is 2.27. The van der Waals surface area contributed by atoms with Gasteiger partial charge in [0.15, 0.2) is 0 Å². The number of ether oxygens (including phenoxy) is 1. The van der Waals surface area contributed by atoms with Gasteiger partial charge in [0.25, 0.3) is 0 Å². The minimum atomic E-state index is -1.09. The number of fused-ring (bicyclic) bond motifs is 1. The van der Waals surface area contributed by atoms with Crippen molar-refractivity contribution < 1.29 is 19.4 Å². The van der Waals surface area contributed by atoms with E-state index in [1.807, 2.05) is 13.0 Å². The Morgan fingerprint density at radius 2 is 2.00 bits per heavy atom. The van der Waals surface area contributed by atoms with Gasteiger partial charge in [-0.05, 0) is 57.1 Å². The minimum absolute atomic E-state index is 0.0205. The molecule has 4 N–H and O–H groups in total. The number of carbonyl (C=O) groups is 2. The summed E-state index contributed by atoms with van der Waals surface area (Å²) in [6.07, 6.45) is 4.54. The number of aromatic nitrogens is 1. The first-order valence-corrected chi connectivity index (χ1v) is 10.2. The second-order valence-electron chi connectivity index (χ2n) is 7.76. The molecule has 1 aromatic heterocycles. The molecule has 1 saturated carbocycles. The molecule has 3 rings (SSSR count). The average Bonchev–Trinajstić information content (AvgIpc) is 2.70. The zero-order valence-electron chi connectivity index (χ0n) is 17.0. The van der Waals surface area contributed by atoms with Crippen molar-refractivity contribution >= 4 is 28.5 Å². The highest BCUT2D eigenvalue weighted by atomic mass is 16.5. The number of amides is 1. The Balaban J connectivity index is 1.68. The fraction of sp³-hybridized carbons (Fsp3) is 0.500. The van der Waals surface area contributed by atoms with Gasteiger partial charge in [-0.2, -0.15) is 0 Å². The van der Waals surface area contributed by atoms with Crippen molar-refractivity contribution in [2.75, 3.05) is 18.9 Å². The molecule has 0 saturated heterocycles. The summed E-state index contributed by atoms with van der Waals surface area (Å²) in [4.78, 5) is 28.1. The van der Waals surface area contributed by atoms with Gasteiger partial charge in [-0.3, -0.25) is 9.78 Å². The first kappa shape index (κ1) is 20.9. The van der Waals surface area contributed by atoms with Gasteiger partial charge in [-0.1, -0.05) is 13.0 Å². The number of aromatic carboxylic acids is 1. The summed E-state index contributed by atoms with van der Waals surface area (Å²) in [6.45, 7) is 4.93. The molecule has 7 nitrogen and oxygen atoms in total. The molecular weight excluding hydrogens is 370 g/mol. The number of carbonyl (C=O) groups excluding carboxylic acids is 1. The Labute approximate surface area is 170 Å². The van der Waals surface area contributed by atoms with Gasteiger partial charge in [-0.15, -0.1) is 0 Å². The van der Waals surface area contributed by atoms with E-state index in [2.05, 4.69) is 10.3 Å². The number of rotatable bonds is 7. The molecule has 1 aromatic carbocycles. The normalized spacial score (nSPS) is 19.1. The summed E-state index contributed by atoms with van der Waals surface area (Å²) in [5, 5.41) is 13.0. The molecule has 7 heteroatoms. The number of nitrogens with zero attached hydrogens (tertiary/aromatic N) is 1. The maximum atomic E-state index is 12.1. The predicted octanol–water partition coefficient (Wildman–Crippen LogP) is 3.54. The lowest BCUT2D eigenvalue weighted by molar-refractivity contribution is -0.126. The minimum Gasteiger partial charge on any atom is -0.493 e. The van der Waals surface area contributed by atoms with E-state index in [0.717, 1.165) is 38.6 Å². The van der Waals surface area contributed by atoms with E-state index in [4.69, 9.17) is 10.5 Å². The maximum absolute atomic E-state index is 12.1. The fourth-order valence-corrected chi connectivity index (χ4v) is 4.02. The number of pyridine rings is 1. The number of hydrogen-bond acceptors (Lipinski definition) is 5. The van der Waals surface area contributed by atoms with Gasteiger partial charge in [0.2, 0.25) is 5.91 Å². The van der Waals surface area contributed by atoms with E-state index in [-0.39, 0.29) is 23.1 Å². The number of carboxylic acids is 1. The summed E-state index contributed by atoms with van der Waals surface area (Å²) in [5.41, 5.74) is 7.40. The van der Waals surface area contributed by atoms with E-state index >= 15 is 0 Å². The summed E-state index contributed by atoms with van der Waals surface area (Å²) in [5.74, 6) is 0.0766. The number of aryl methyl sites for hydroxylation is 1. The number of anilines is 1. The van der Waals surface area contributed by atoms with Crippen LogP contribution in [0.25, 0.3) is 10.9 Å². The Hall–Kier alpha value is -2.83. The van der Waals surface area contributed by atoms with Crippen molar-refractivity contribution in [3.63, 3.8) is 0 Å². The molecule has 1 aliphatic rings. The molecular formula is C22H29N3O4. The van der Waals surface area contributed by atoms with E-state index in [9.17, 15) is 14.7 Å². The van der Waals surface area contributed by atoms with Gasteiger partial charge in [0.1, 0.15) is 11.3 Å². The monoisotopic (exact) mass is 399 g/mol. The Bertz CT molecular complexity index is 905. The van der Waals surface area contributed by atoms with Crippen LogP contribution in [-0.4, -0.2) is 35.1 Å². The van der Waals surface area contributed by atoms with Crippen molar-refractivity contribution in [1.29, 1.82) is 0 Å². The van der Waals surface area contributed by atoms with E-state index in [1.165, 1.54) is 0 Å². The van der Waals surface area contributed by atoms with Crippen molar-refractivity contribution in [3.05, 3.63) is 29.5 Å². The molecule has 2 aromatic rings. The van der Waals surface area contributed by atoms with Crippen LogP contribution in [0.4, 0.5) is 5.69 Å². The van der Waals surface area contributed by atoms with Crippen molar-refractivity contribution in [1.82, 2.24) is 10.3 Å². The van der Waals surface area contributed by atoms with Crippen LogP contribution in [0.1, 0.15) is 55.1 Å². The number of nitrogen functional groups attached to an aromatic ring is 1. The molecule has 1 amide bonds. The summed E-state index contributed by atoms with van der Waals surface area (Å²) >= 11 is 0. The van der Waals surface area contributed by atoms with Gasteiger partial charge in [0, 0.05) is 12.5 Å². The maximum Gasteiger partial charge on any atom is 0.339 e. The van der Waals surface area contributed by atoms with Crippen LogP contribution in [0.2, 0.25) is 0 Å². The second kappa shape index (κ2) is 9.11. The zero-order valence-corrected chi connectivity index (χ0v) is 17.0. The Morgan fingerprint density at radius 3 is 2.66 bits per heavy atom. The second-order valence-corrected chi connectivity index (χ2v) is 7.76. The highest BCUT2D eigenvalue weighted by molar-refractivity contribution is 6.06. The van der Waals surface area contributed by atoms with Crippen LogP contribution in [-0.2, 0) is 4.79 Å². The van der Waals surface area contributed by atoms with Gasteiger partial charge < -0.3 is 20.9 Å². The molecule has 0 bridgehead atoms. The Kier molecular flexibility index (Phi) is 6.56. The number of nitrogens with two attached hydrogens (primary N) is 1. The SMILES string of the molecule is CCCNC(=O)[C@H]1CC[C@H](COc2cccc3nc(C)c(C(=O)O)c(N)c23)CC1. The molecule has 0 unspecified atom stereocenters. The lowest BCUT2D eigenvalue weighted by Gasteiger charge is -2.28. The molecule has 156 valence electrons. The van der Waals surface area contributed by atoms with E-state index in [0.29, 0.717) is 34.9 Å². The highest BCUT2D eigenvalue weighted by Crippen LogP contribution is 2.35. The van der Waals surface area contributed by atoms with E-state index in [1.54, 1.807) is 19.1 Å². The zero-order chi connectivity index (χ0) is 21.0. The summed E-state index contributed by atoms with van der Waals surface area (Å²) in [7, 11) is 0. The van der Waals surface area contributed by atoms with Gasteiger partial charge >= 0.3 is 5.97 Å². The smallest absolute Gasteiger partial charge is 0.339 e. The average molecular weight is 399 g/mol. The third kappa shape index (κ3) is 4.60. The number of benzene rings is 1. The van der Waals surface area contributed by atoms with Gasteiger partial charge in [0.05, 0.1) is 28.9 Å². The molecule has 0 radical (unpaired) electrons. The molecule has 1 aliphatic carbocycles. The van der Waals surface area contributed by atoms with Crippen molar-refractivity contribution in [2.45, 2.75) is 46.0 Å². The van der Waals surface area contributed by atoms with Crippen molar-refractivity contribution in [2.24, 2.45) is 11.8 Å². The standard InChI is InChI=1S/C22H29N3O4/c1-3-11-24-21(26)15-9-7-14(8-10-15)12-29-17-6-4-5-16-19(17)20(23)18(22(27)28)13(2)25-16/h4-6,14-15H,3,7-12H2,1-2H3,(H2,23,25)(H,24,26)(H,27,28)/t14-,15-. The number of carboxylic acid groups (broad SMARTS) is 1. The lowest BCUT2D eigenvalue weighted by atomic mass is 9.82. The predicted molar refractivity (Wildman–Crippen MR) is 112 cm³/mol. The van der Waals surface area contributed by atoms with Crippen LogP contribution in [0.5, 0.6) is 5.75 Å². The number of nitrogens with one attached hydrogen (secondary N) is 1. The molecule has 0 atom stereocenters. The topological polar surface area (TPSA) is 115 Å². The van der Waals surface area contributed by atoms with Crippen LogP contribution in [0, 0.1) is 18.8 Å². The summed E-state index contributed by atoms with van der Waals surface area (Å²) < 4.78 is 6.06. The van der Waals surface area contributed by atoms with Crippen LogP contribution < -0.4 is 15.8 Å². The molecule has 0 aliphatic heterocycles. The molecule has 1 fully saturated rings. The van der Waals surface area contributed by atoms with Crippen LogP contribution in [0.15, 0.2) is 18.2 Å². The largest absolute Gasteiger partial charge is 0.493 e. The fourth-order valence-electron chi connectivity index (χ4n) is 4.02. The molecule has 29 heavy (non-hydrogen) atoms. The first-order valence-electron chi connectivity index (χ1n) is 10.2. The Morgan fingerprint density at radius 1 is 1.28 bits per heavy atom. The van der Waals surface area contributed by atoms with Gasteiger partial charge in [-0.25, -0.2) is 4.79 Å². The number of hydrogen-bond donors (Lipinski definition) is 3. The third-order valence-corrected chi connectivity index (χ3v) is 5.65. The summed E-state index contributed by atoms with van der Waals surface area (Å²) in [6, 6.07) is 5.43. The third-order valence-electron chi connectivity index (χ3n) is 5.65. The molecule has 0 spiro atoms.